The van der Waals surface area contributed by atoms with Gasteiger partial charge in [0.1, 0.15) is 6.04 Å². The molecule has 0 aromatic heterocycles. The molecule has 0 bridgehead atoms. The van der Waals surface area contributed by atoms with Crippen LogP contribution in [0.3, 0.4) is 0 Å². The van der Waals surface area contributed by atoms with Gasteiger partial charge in [0, 0.05) is 0 Å². The molecule has 2 N–H and O–H groups in total. The van der Waals surface area contributed by atoms with E-state index in [1.54, 1.807) is 18.8 Å². The van der Waals surface area contributed by atoms with Crippen LogP contribution in [0, 0.1) is 0 Å². The maximum atomic E-state index is 10.4. The van der Waals surface area contributed by atoms with Crippen molar-refractivity contribution in [2.75, 3.05) is 19.1 Å². The average Bonchev–Trinajstić information content (AvgIpc) is 1.89. The molecular weight excluding hydrogens is 190 g/mol. The van der Waals surface area contributed by atoms with Gasteiger partial charge in [-0.2, -0.15) is 11.8 Å². The fraction of sp³-hybridized carbons (Fsp3) is 0.833. The molecule has 11 heavy (non-hydrogen) atoms. The van der Waals surface area contributed by atoms with Gasteiger partial charge in [-0.1, -0.05) is 0 Å². The van der Waals surface area contributed by atoms with Crippen molar-refractivity contribution >= 4 is 55.5 Å². The number of carboxylic acids is 1. The number of thioether (sulfide) groups is 1. The van der Waals surface area contributed by atoms with E-state index in [2.05, 4.69) is 5.32 Å². The van der Waals surface area contributed by atoms with Crippen LogP contribution in [0.5, 0.6) is 0 Å². The summed E-state index contributed by atoms with van der Waals surface area (Å²) < 4.78 is 0. The molecule has 1 unspecified atom stereocenters. The van der Waals surface area contributed by atoms with Gasteiger partial charge in [-0.25, -0.2) is 0 Å². The second-order valence-electron chi connectivity index (χ2n) is 1.96. The van der Waals surface area contributed by atoms with E-state index >= 15 is 0 Å². The summed E-state index contributed by atoms with van der Waals surface area (Å²) in [7, 11) is 1.67. The number of hydrogen-bond donors (Lipinski definition) is 2. The first-order valence-corrected chi connectivity index (χ1v) is 4.50. The predicted octanol–water partition coefficient (Wildman–Crippen LogP) is 0.256. The van der Waals surface area contributed by atoms with Gasteiger partial charge < -0.3 is 13.3 Å². The van der Waals surface area contributed by atoms with Crippen LogP contribution in [0.1, 0.15) is 9.27 Å². The van der Waals surface area contributed by atoms with Gasteiger partial charge >= 0.3 is 43.7 Å². The van der Waals surface area contributed by atoms with Gasteiger partial charge in [0.25, 0.3) is 0 Å². The molecule has 0 saturated heterocycles. The van der Waals surface area contributed by atoms with Crippen molar-refractivity contribution in [2.24, 2.45) is 0 Å². The van der Waals surface area contributed by atoms with Gasteiger partial charge in [0.15, 0.2) is 0 Å². The number of carboxylic acid groups (broad SMARTS) is 1. The Morgan fingerprint density at radius 1 is 1.82 bits per heavy atom. The van der Waals surface area contributed by atoms with Gasteiger partial charge in [-0.05, 0) is 25.5 Å². The zero-order chi connectivity index (χ0) is 7.98. The smallest absolute Gasteiger partial charge is 1.00 e. The molecular formula is C6H15CaNO2S. The second-order valence-corrected chi connectivity index (χ2v) is 2.95. The monoisotopic (exact) mass is 205 g/mol. The first-order valence-electron chi connectivity index (χ1n) is 3.11. The molecule has 0 radical (unpaired) electrons. The summed E-state index contributed by atoms with van der Waals surface area (Å²) in [4.78, 5) is 10.4. The number of likely N-dealkylation sites (N-methyl/N-ethyl adjacent to an activating group) is 1. The Morgan fingerprint density at radius 3 is 2.64 bits per heavy atom. The molecule has 5 heteroatoms. The molecule has 0 aliphatic carbocycles. The van der Waals surface area contributed by atoms with Crippen LogP contribution in [0.15, 0.2) is 0 Å². The zero-order valence-electron chi connectivity index (χ0n) is 8.96. The summed E-state index contributed by atoms with van der Waals surface area (Å²) in [6, 6.07) is -0.382. The molecule has 0 fully saturated rings. The van der Waals surface area contributed by atoms with E-state index in [1.165, 1.54) is 0 Å². The zero-order valence-corrected chi connectivity index (χ0v) is 9.99. The van der Waals surface area contributed by atoms with Gasteiger partial charge in [-0.3, -0.25) is 4.79 Å². The fourth-order valence-corrected chi connectivity index (χ4v) is 1.10. The predicted molar refractivity (Wildman–Crippen MR) is 51.5 cm³/mol. The van der Waals surface area contributed by atoms with E-state index in [9.17, 15) is 4.79 Å². The molecule has 0 saturated carbocycles. The third-order valence-electron chi connectivity index (χ3n) is 1.26. The Bertz CT molecular complexity index is 121. The molecule has 0 aliphatic heterocycles. The molecule has 0 aliphatic rings. The van der Waals surface area contributed by atoms with Crippen LogP contribution >= 0.6 is 11.8 Å². The van der Waals surface area contributed by atoms with E-state index in [1.807, 2.05) is 6.26 Å². The molecule has 0 rings (SSSR count). The summed E-state index contributed by atoms with van der Waals surface area (Å²) in [5.41, 5.74) is 0. The topological polar surface area (TPSA) is 49.3 Å². The Labute approximate surface area is 104 Å². The molecule has 64 valence electrons. The summed E-state index contributed by atoms with van der Waals surface area (Å²) in [5, 5.41) is 11.3. The van der Waals surface area contributed by atoms with E-state index in [0.29, 0.717) is 6.42 Å². The van der Waals surface area contributed by atoms with Crippen molar-refractivity contribution in [1.82, 2.24) is 5.32 Å². The van der Waals surface area contributed by atoms with E-state index in [0.717, 1.165) is 5.75 Å². The van der Waals surface area contributed by atoms with Gasteiger partial charge in [-0.15, -0.1) is 0 Å². The molecule has 0 aromatic rings. The minimum Gasteiger partial charge on any atom is -1.00 e. The summed E-state index contributed by atoms with van der Waals surface area (Å²) in [6.07, 6.45) is 2.65. The standard InChI is InChI=1S/C6H13NO2S.Ca.2H/c1-7-5(6(8)9)3-4-10-2;;;/h5,7H,3-4H2,1-2H3,(H,8,9);;;/q;+2;2*-1. The number of hydrogen-bond acceptors (Lipinski definition) is 3. The van der Waals surface area contributed by atoms with Crippen molar-refractivity contribution in [2.45, 2.75) is 12.5 Å². The quantitative estimate of drug-likeness (QED) is 0.632. The fourth-order valence-electron chi connectivity index (χ4n) is 0.627. The van der Waals surface area contributed by atoms with Crippen molar-refractivity contribution < 1.29 is 12.8 Å². The minimum absolute atomic E-state index is 0. The molecule has 0 spiro atoms. The minimum atomic E-state index is -0.767. The Hall–Kier alpha value is 1.04. The Balaban J connectivity index is -0.000000135. The second kappa shape index (κ2) is 9.13. The molecule has 0 heterocycles. The molecule has 3 nitrogen and oxygen atoms in total. The largest absolute Gasteiger partial charge is 2.00 e. The van der Waals surface area contributed by atoms with Crippen LogP contribution in [0.25, 0.3) is 0 Å². The van der Waals surface area contributed by atoms with Crippen LogP contribution < -0.4 is 5.32 Å². The molecule has 1 atom stereocenters. The number of aliphatic carboxylic acids is 1. The van der Waals surface area contributed by atoms with Crippen molar-refractivity contribution in [1.29, 1.82) is 0 Å². The maximum Gasteiger partial charge on any atom is 2.00 e. The third-order valence-corrected chi connectivity index (χ3v) is 1.90. The molecule has 0 amide bonds. The first-order chi connectivity index (χ1) is 4.72. The summed E-state index contributed by atoms with van der Waals surface area (Å²) in [5.74, 6) is 0.120. The third kappa shape index (κ3) is 7.40. The van der Waals surface area contributed by atoms with Crippen molar-refractivity contribution in [3.63, 3.8) is 0 Å². The number of carbonyl (C=O) groups is 1. The van der Waals surface area contributed by atoms with Gasteiger partial charge in [0.2, 0.25) is 0 Å². The first kappa shape index (κ1) is 14.6. The average molecular weight is 205 g/mol. The van der Waals surface area contributed by atoms with Gasteiger partial charge in [0.05, 0.1) is 0 Å². The summed E-state index contributed by atoms with van der Waals surface area (Å²) >= 11 is 1.66. The molecule has 0 aromatic carbocycles. The van der Waals surface area contributed by atoms with Crippen LogP contribution in [0.4, 0.5) is 0 Å². The van der Waals surface area contributed by atoms with E-state index in [4.69, 9.17) is 5.11 Å². The Morgan fingerprint density at radius 2 is 2.36 bits per heavy atom. The van der Waals surface area contributed by atoms with E-state index in [-0.39, 0.29) is 46.6 Å². The Kier molecular flexibility index (Phi) is 12.1. The number of rotatable bonds is 5. The SMILES string of the molecule is CNC(CCSC)C(=O)O.[Ca+2].[H-].[H-]. The number of nitrogens with one attached hydrogen (secondary N) is 1. The maximum absolute atomic E-state index is 10.4. The van der Waals surface area contributed by atoms with Crippen molar-refractivity contribution in [3.8, 4) is 0 Å². The van der Waals surface area contributed by atoms with E-state index < -0.39 is 5.97 Å². The van der Waals surface area contributed by atoms with Crippen LogP contribution in [-0.4, -0.2) is 73.9 Å². The summed E-state index contributed by atoms with van der Waals surface area (Å²) in [6.45, 7) is 0. The normalized spacial score (nSPS) is 11.8. The van der Waals surface area contributed by atoms with Crippen molar-refractivity contribution in [3.05, 3.63) is 0 Å². The van der Waals surface area contributed by atoms with Crippen LogP contribution in [-0.2, 0) is 4.79 Å². The van der Waals surface area contributed by atoms with Crippen LogP contribution in [0.2, 0.25) is 0 Å².